The van der Waals surface area contributed by atoms with Crippen molar-refractivity contribution in [3.63, 3.8) is 0 Å². The molecule has 1 aliphatic rings. The Morgan fingerprint density at radius 1 is 1.10 bits per heavy atom. The molecule has 0 bridgehead atoms. The van der Waals surface area contributed by atoms with Gasteiger partial charge in [0.25, 0.3) is 0 Å². The van der Waals surface area contributed by atoms with E-state index >= 15 is 0 Å². The summed E-state index contributed by atoms with van der Waals surface area (Å²) in [4.78, 5) is 9.49. The van der Waals surface area contributed by atoms with Gasteiger partial charge in [0.1, 0.15) is 0 Å². The fourth-order valence-corrected chi connectivity index (χ4v) is 9.22. The Morgan fingerprint density at radius 2 is 1.80 bits per heavy atom. The minimum absolute atomic E-state index is 0.529. The van der Waals surface area contributed by atoms with Crippen molar-refractivity contribution >= 4 is 36.5 Å². The van der Waals surface area contributed by atoms with E-state index in [1.54, 1.807) is 0 Å². The summed E-state index contributed by atoms with van der Waals surface area (Å²) in [5.41, 5.74) is 2.05. The molecule has 0 amide bonds. The Labute approximate surface area is 191 Å². The van der Waals surface area contributed by atoms with Gasteiger partial charge in [0.15, 0.2) is 0 Å². The monoisotopic (exact) mass is 519 g/mol. The van der Waals surface area contributed by atoms with Crippen LogP contribution in [0.3, 0.4) is 0 Å². The molecular formula is C23H37N5OSn. The summed E-state index contributed by atoms with van der Waals surface area (Å²) < 4.78 is 9.46. The molecule has 1 aliphatic heterocycles. The minimum atomic E-state index is -0.864. The number of ether oxygens (including phenoxy) is 1. The van der Waals surface area contributed by atoms with Crippen LogP contribution in [-0.4, -0.2) is 47.5 Å². The molecule has 30 heavy (non-hydrogen) atoms. The van der Waals surface area contributed by atoms with Crippen molar-refractivity contribution in [1.82, 2.24) is 19.7 Å². The zero-order valence-corrected chi connectivity index (χ0v) is 21.8. The maximum atomic E-state index is 5.60. The van der Waals surface area contributed by atoms with Gasteiger partial charge in [-0.15, -0.1) is 0 Å². The number of fused-ring (bicyclic) bond motifs is 1. The predicted octanol–water partition coefficient (Wildman–Crippen LogP) is 5.01. The van der Waals surface area contributed by atoms with Gasteiger partial charge in [-0.1, -0.05) is 0 Å². The zero-order chi connectivity index (χ0) is 21.2. The predicted molar refractivity (Wildman–Crippen MR) is 124 cm³/mol. The fourth-order valence-electron chi connectivity index (χ4n) is 4.17. The van der Waals surface area contributed by atoms with Crippen LogP contribution in [0.1, 0.15) is 84.3 Å². The van der Waals surface area contributed by atoms with Crippen LogP contribution in [0.4, 0.5) is 11.6 Å². The van der Waals surface area contributed by atoms with Crippen molar-refractivity contribution in [3.05, 3.63) is 24.2 Å². The van der Waals surface area contributed by atoms with Crippen molar-refractivity contribution in [2.75, 3.05) is 11.9 Å². The van der Waals surface area contributed by atoms with Gasteiger partial charge in [-0.05, 0) is 0 Å². The normalized spacial score (nSPS) is 14.0. The number of hydrogen-bond acceptors (Lipinski definition) is 5. The number of rotatable bonds is 13. The summed E-state index contributed by atoms with van der Waals surface area (Å²) in [6.45, 7) is 9.08. The molecule has 0 atom stereocenters. The molecule has 0 unspecified atom stereocenters. The molecular weight excluding hydrogens is 481 g/mol. The van der Waals surface area contributed by atoms with Crippen LogP contribution in [0.5, 0.6) is 0 Å². The molecule has 0 saturated heterocycles. The summed E-state index contributed by atoms with van der Waals surface area (Å²) in [5.74, 6) is 0.699. The number of unbranched alkanes of at least 4 members (excludes halogenated alkanes) is 3. The molecule has 2 radical (unpaired) electrons. The van der Waals surface area contributed by atoms with Crippen molar-refractivity contribution in [3.8, 4) is 0 Å². The van der Waals surface area contributed by atoms with Gasteiger partial charge < -0.3 is 0 Å². The SMILES string of the molecule is CCCC[C](CCCC)(CCCC)[Sn][c]1ccnc(Nc2cnn3c2COCC3)n1. The Kier molecular flexibility index (Phi) is 9.43. The van der Waals surface area contributed by atoms with E-state index in [4.69, 9.17) is 9.72 Å². The topological polar surface area (TPSA) is 64.9 Å². The van der Waals surface area contributed by atoms with E-state index < -0.39 is 21.1 Å². The summed E-state index contributed by atoms with van der Waals surface area (Å²) in [7, 11) is 0. The Bertz CT molecular complexity index is 757. The average Bonchev–Trinajstić information content (AvgIpc) is 3.18. The van der Waals surface area contributed by atoms with E-state index in [-0.39, 0.29) is 0 Å². The molecule has 0 spiro atoms. The van der Waals surface area contributed by atoms with Crippen LogP contribution in [0, 0.1) is 0 Å². The second-order valence-electron chi connectivity index (χ2n) is 8.39. The molecule has 0 aromatic carbocycles. The third-order valence-corrected chi connectivity index (χ3v) is 11.1. The first kappa shape index (κ1) is 23.5. The van der Waals surface area contributed by atoms with E-state index in [9.17, 15) is 0 Å². The summed E-state index contributed by atoms with van der Waals surface area (Å²) in [6.07, 6.45) is 15.8. The third-order valence-electron chi connectivity index (χ3n) is 5.96. The first-order chi connectivity index (χ1) is 14.7. The van der Waals surface area contributed by atoms with Crippen LogP contribution in [0.2, 0.25) is 3.43 Å². The average molecular weight is 518 g/mol. The second kappa shape index (κ2) is 12.0. The number of anilines is 2. The van der Waals surface area contributed by atoms with E-state index in [0.717, 1.165) is 24.5 Å². The molecule has 2 aromatic rings. The molecule has 7 heteroatoms. The van der Waals surface area contributed by atoms with Gasteiger partial charge in [0.2, 0.25) is 0 Å². The molecule has 164 valence electrons. The van der Waals surface area contributed by atoms with Crippen LogP contribution in [0.15, 0.2) is 18.5 Å². The second-order valence-corrected chi connectivity index (χ2v) is 13.6. The molecule has 0 fully saturated rings. The first-order valence-electron chi connectivity index (χ1n) is 11.7. The van der Waals surface area contributed by atoms with E-state index in [2.05, 4.69) is 42.2 Å². The summed E-state index contributed by atoms with van der Waals surface area (Å²) >= 11 is -0.864. The quantitative estimate of drug-likeness (QED) is 0.378. The van der Waals surface area contributed by atoms with Gasteiger partial charge >= 0.3 is 192 Å². The molecule has 2 aromatic heterocycles. The van der Waals surface area contributed by atoms with Gasteiger partial charge in [-0.2, -0.15) is 0 Å². The molecule has 3 rings (SSSR count). The van der Waals surface area contributed by atoms with Crippen molar-refractivity contribution < 1.29 is 4.74 Å². The maximum absolute atomic E-state index is 5.60. The third kappa shape index (κ3) is 6.42. The number of nitrogens with zero attached hydrogens (tertiary/aromatic N) is 4. The van der Waals surface area contributed by atoms with Crippen molar-refractivity contribution in [1.29, 1.82) is 0 Å². The van der Waals surface area contributed by atoms with Crippen LogP contribution in [0.25, 0.3) is 0 Å². The summed E-state index contributed by atoms with van der Waals surface area (Å²) in [6, 6.07) is 2.17. The van der Waals surface area contributed by atoms with Gasteiger partial charge in [-0.25, -0.2) is 0 Å². The van der Waals surface area contributed by atoms with Crippen molar-refractivity contribution in [2.24, 2.45) is 0 Å². The Balaban J connectivity index is 1.76. The zero-order valence-electron chi connectivity index (χ0n) is 18.9. The Hall–Kier alpha value is -1.15. The van der Waals surface area contributed by atoms with E-state index in [1.807, 2.05) is 17.1 Å². The van der Waals surface area contributed by atoms with E-state index in [1.165, 1.54) is 61.5 Å². The van der Waals surface area contributed by atoms with Crippen LogP contribution >= 0.6 is 0 Å². The van der Waals surface area contributed by atoms with Crippen LogP contribution < -0.4 is 9.03 Å². The van der Waals surface area contributed by atoms with Crippen LogP contribution in [-0.2, 0) is 17.9 Å². The Morgan fingerprint density at radius 3 is 2.47 bits per heavy atom. The first-order valence-corrected chi connectivity index (χ1v) is 14.6. The number of hydrogen-bond donors (Lipinski definition) is 1. The molecule has 1 N–H and O–H groups in total. The van der Waals surface area contributed by atoms with E-state index in [0.29, 0.717) is 16.0 Å². The van der Waals surface area contributed by atoms with Gasteiger partial charge in [-0.3, -0.25) is 0 Å². The van der Waals surface area contributed by atoms with Gasteiger partial charge in [0, 0.05) is 0 Å². The standard InChI is InChI=1S/C13H27.C10H10N5O.Sn/c1-4-7-10-13(11-8-5-2)12-9-6-3;1-2-11-10(12-3-1)14-8-6-13-15-4-5-16-7-9(8)15;/h4-12H2,1-3H3;1-2,6H,4-5,7H2,(H,11,12,14);. The number of aromatic nitrogens is 4. The van der Waals surface area contributed by atoms with Crippen molar-refractivity contribution in [2.45, 2.75) is 95.1 Å². The summed E-state index contributed by atoms with van der Waals surface area (Å²) in [5, 5.41) is 7.87. The molecule has 0 aliphatic carbocycles. The fraction of sp³-hybridized carbons (Fsp3) is 0.696. The molecule has 0 saturated carbocycles. The molecule has 3 heterocycles. The number of nitrogens with one attached hydrogen (secondary N) is 1. The van der Waals surface area contributed by atoms with Gasteiger partial charge in [0.05, 0.1) is 0 Å². The molecule has 6 nitrogen and oxygen atoms in total.